The average Bonchev–Trinajstić information content (AvgIpc) is 2.70. The van der Waals surface area contributed by atoms with Crippen molar-refractivity contribution in [3.05, 3.63) is 59.9 Å². The molecule has 28 heavy (non-hydrogen) atoms. The highest BCUT2D eigenvalue weighted by atomic mass is 32.1. The van der Waals surface area contributed by atoms with Crippen molar-refractivity contribution in [3.63, 3.8) is 0 Å². The van der Waals surface area contributed by atoms with Crippen LogP contribution < -0.4 is 16.0 Å². The number of halogens is 1. The number of hydrogen-bond acceptors (Lipinski definition) is 3. The zero-order valence-corrected chi connectivity index (χ0v) is 16.2. The van der Waals surface area contributed by atoms with Gasteiger partial charge in [0.05, 0.1) is 0 Å². The van der Waals surface area contributed by atoms with Crippen molar-refractivity contribution in [2.24, 2.45) is 5.92 Å². The highest BCUT2D eigenvalue weighted by Gasteiger charge is 2.21. The summed E-state index contributed by atoms with van der Waals surface area (Å²) in [7, 11) is 0. The summed E-state index contributed by atoms with van der Waals surface area (Å²) in [4.78, 5) is 24.7. The third-order valence-corrected chi connectivity index (χ3v) is 4.90. The Balaban J connectivity index is 1.57. The fraction of sp³-hybridized carbons (Fsp3) is 0.286. The maximum atomic E-state index is 13.0. The normalized spacial score (nSPS) is 14.2. The third-order valence-electron chi connectivity index (χ3n) is 4.70. The van der Waals surface area contributed by atoms with Crippen LogP contribution in [0.5, 0.6) is 0 Å². The Labute approximate surface area is 168 Å². The summed E-state index contributed by atoms with van der Waals surface area (Å²) in [6.07, 6.45) is 5.12. The minimum Gasteiger partial charge on any atom is -0.332 e. The molecule has 146 valence electrons. The molecule has 5 nitrogen and oxygen atoms in total. The van der Waals surface area contributed by atoms with Gasteiger partial charge in [-0.15, -0.1) is 0 Å². The third kappa shape index (κ3) is 5.60. The topological polar surface area (TPSA) is 70.2 Å². The standard InChI is InChI=1S/C21H22FN3O2S/c22-16-9-11-17(12-10-16)23-20(27)15-7-4-8-18(13-15)24-21(28)25-19(26)14-5-2-1-3-6-14/h4,7-14H,1-3,5-6H2,(H,23,27)(H2,24,25,26,28). The fourth-order valence-electron chi connectivity index (χ4n) is 3.22. The highest BCUT2D eigenvalue weighted by molar-refractivity contribution is 7.80. The van der Waals surface area contributed by atoms with Crippen molar-refractivity contribution in [1.29, 1.82) is 0 Å². The van der Waals surface area contributed by atoms with Crippen LogP contribution in [0.1, 0.15) is 42.5 Å². The SMILES string of the molecule is O=C(Nc1ccc(F)cc1)c1cccc(NC(=S)NC(=O)C2CCCCC2)c1. The van der Waals surface area contributed by atoms with Gasteiger partial charge in [0.15, 0.2) is 5.11 Å². The number of carbonyl (C=O) groups is 2. The Morgan fingerprint density at radius 3 is 2.36 bits per heavy atom. The molecule has 1 aliphatic rings. The van der Waals surface area contributed by atoms with Gasteiger partial charge in [0.25, 0.3) is 5.91 Å². The number of amides is 2. The molecular weight excluding hydrogens is 377 g/mol. The molecule has 2 amide bonds. The first-order valence-corrected chi connectivity index (χ1v) is 9.71. The van der Waals surface area contributed by atoms with E-state index in [4.69, 9.17) is 12.2 Å². The van der Waals surface area contributed by atoms with Gasteiger partial charge in [-0.25, -0.2) is 4.39 Å². The van der Waals surface area contributed by atoms with E-state index in [9.17, 15) is 14.0 Å². The molecule has 3 rings (SSSR count). The van der Waals surface area contributed by atoms with Crippen molar-refractivity contribution >= 4 is 40.5 Å². The van der Waals surface area contributed by atoms with E-state index in [1.165, 1.54) is 30.7 Å². The molecule has 1 aliphatic carbocycles. The van der Waals surface area contributed by atoms with E-state index in [1.807, 2.05) is 0 Å². The van der Waals surface area contributed by atoms with Crippen molar-refractivity contribution in [1.82, 2.24) is 5.32 Å². The van der Waals surface area contributed by atoms with Gasteiger partial charge in [-0.3, -0.25) is 9.59 Å². The van der Waals surface area contributed by atoms with Crippen LogP contribution in [0.4, 0.5) is 15.8 Å². The van der Waals surface area contributed by atoms with Gasteiger partial charge in [-0.05, 0) is 67.5 Å². The molecule has 7 heteroatoms. The molecular formula is C21H22FN3O2S. The molecule has 0 bridgehead atoms. The van der Waals surface area contributed by atoms with E-state index >= 15 is 0 Å². The van der Waals surface area contributed by atoms with E-state index in [0.29, 0.717) is 16.9 Å². The lowest BCUT2D eigenvalue weighted by atomic mass is 9.89. The second-order valence-electron chi connectivity index (χ2n) is 6.82. The van der Waals surface area contributed by atoms with E-state index in [1.54, 1.807) is 24.3 Å². The summed E-state index contributed by atoms with van der Waals surface area (Å²) < 4.78 is 13.0. The average molecular weight is 399 g/mol. The van der Waals surface area contributed by atoms with Gasteiger partial charge in [0.1, 0.15) is 5.82 Å². The largest absolute Gasteiger partial charge is 0.332 e. The Morgan fingerprint density at radius 1 is 0.929 bits per heavy atom. The Morgan fingerprint density at radius 2 is 1.64 bits per heavy atom. The van der Waals surface area contributed by atoms with Crippen LogP contribution in [0.3, 0.4) is 0 Å². The first-order valence-electron chi connectivity index (χ1n) is 9.30. The number of thiocarbonyl (C=S) groups is 1. The summed E-state index contributed by atoms with van der Waals surface area (Å²) >= 11 is 5.23. The molecule has 0 unspecified atom stereocenters. The van der Waals surface area contributed by atoms with Crippen LogP contribution in [-0.4, -0.2) is 16.9 Å². The zero-order valence-electron chi connectivity index (χ0n) is 15.3. The van der Waals surface area contributed by atoms with Crippen LogP contribution >= 0.6 is 12.2 Å². The Kier molecular flexibility index (Phi) is 6.71. The first kappa shape index (κ1) is 19.9. The van der Waals surface area contributed by atoms with E-state index < -0.39 is 0 Å². The van der Waals surface area contributed by atoms with E-state index in [2.05, 4.69) is 16.0 Å². The number of rotatable bonds is 4. The van der Waals surface area contributed by atoms with Gasteiger partial charge in [0.2, 0.25) is 5.91 Å². The second-order valence-corrected chi connectivity index (χ2v) is 7.23. The minimum absolute atomic E-state index is 0.0151. The van der Waals surface area contributed by atoms with Crippen molar-refractivity contribution in [3.8, 4) is 0 Å². The molecule has 0 aliphatic heterocycles. The monoisotopic (exact) mass is 399 g/mol. The van der Waals surface area contributed by atoms with E-state index in [0.717, 1.165) is 25.7 Å². The quantitative estimate of drug-likeness (QED) is 0.664. The minimum atomic E-state index is -0.368. The molecule has 2 aromatic carbocycles. The van der Waals surface area contributed by atoms with Crippen molar-refractivity contribution in [2.75, 3.05) is 10.6 Å². The fourth-order valence-corrected chi connectivity index (χ4v) is 3.43. The predicted molar refractivity (Wildman–Crippen MR) is 112 cm³/mol. The Bertz CT molecular complexity index is 864. The molecule has 2 aromatic rings. The molecule has 0 radical (unpaired) electrons. The lowest BCUT2D eigenvalue weighted by Gasteiger charge is -2.21. The summed E-state index contributed by atoms with van der Waals surface area (Å²) in [5.41, 5.74) is 1.51. The zero-order chi connectivity index (χ0) is 19.9. The summed E-state index contributed by atoms with van der Waals surface area (Å²) in [5.74, 6) is -0.732. The van der Waals surface area contributed by atoms with Crippen LogP contribution in [0.25, 0.3) is 0 Å². The van der Waals surface area contributed by atoms with Gasteiger partial charge >= 0.3 is 0 Å². The molecule has 0 spiro atoms. The molecule has 3 N–H and O–H groups in total. The lowest BCUT2D eigenvalue weighted by Crippen LogP contribution is -2.39. The maximum Gasteiger partial charge on any atom is 0.255 e. The van der Waals surface area contributed by atoms with Crippen LogP contribution in [0.2, 0.25) is 0 Å². The number of benzene rings is 2. The van der Waals surface area contributed by atoms with Gasteiger partial charge in [0, 0.05) is 22.9 Å². The molecule has 1 saturated carbocycles. The van der Waals surface area contributed by atoms with Gasteiger partial charge in [-0.2, -0.15) is 0 Å². The van der Waals surface area contributed by atoms with Crippen LogP contribution in [-0.2, 0) is 4.79 Å². The molecule has 0 aromatic heterocycles. The Hall–Kier alpha value is -2.80. The number of anilines is 2. The number of hydrogen-bond donors (Lipinski definition) is 3. The maximum absolute atomic E-state index is 13.0. The molecule has 0 heterocycles. The van der Waals surface area contributed by atoms with Crippen molar-refractivity contribution < 1.29 is 14.0 Å². The highest BCUT2D eigenvalue weighted by Crippen LogP contribution is 2.23. The lowest BCUT2D eigenvalue weighted by molar-refractivity contribution is -0.124. The predicted octanol–water partition coefficient (Wildman–Crippen LogP) is 4.47. The van der Waals surface area contributed by atoms with Gasteiger partial charge in [-0.1, -0.05) is 25.3 Å². The smallest absolute Gasteiger partial charge is 0.255 e. The van der Waals surface area contributed by atoms with Gasteiger partial charge < -0.3 is 16.0 Å². The summed E-state index contributed by atoms with van der Waals surface area (Å²) in [6.45, 7) is 0. The molecule has 0 saturated heterocycles. The first-order chi connectivity index (χ1) is 13.5. The number of carbonyl (C=O) groups excluding carboxylic acids is 2. The second kappa shape index (κ2) is 9.41. The van der Waals surface area contributed by atoms with Crippen molar-refractivity contribution in [2.45, 2.75) is 32.1 Å². The summed E-state index contributed by atoms with van der Waals surface area (Å²) in [6, 6.07) is 12.3. The van der Waals surface area contributed by atoms with E-state index in [-0.39, 0.29) is 28.7 Å². The number of nitrogens with one attached hydrogen (secondary N) is 3. The summed E-state index contributed by atoms with van der Waals surface area (Å²) in [5, 5.41) is 8.61. The van der Waals surface area contributed by atoms with Crippen LogP contribution in [0.15, 0.2) is 48.5 Å². The molecule has 0 atom stereocenters. The molecule has 1 fully saturated rings. The van der Waals surface area contributed by atoms with Crippen LogP contribution in [0, 0.1) is 11.7 Å².